The average Bonchev–Trinajstić information content (AvgIpc) is 2.85. The number of piperidine rings is 1. The molecule has 7 nitrogen and oxygen atoms in total. The summed E-state index contributed by atoms with van der Waals surface area (Å²) in [5.74, 6) is 1.40. The Morgan fingerprint density at radius 2 is 2.00 bits per heavy atom. The monoisotopic (exact) mass is 369 g/mol. The first-order chi connectivity index (χ1) is 13.0. The fourth-order valence-corrected chi connectivity index (χ4v) is 4.32. The Kier molecular flexibility index (Phi) is 4.76. The van der Waals surface area contributed by atoms with Crippen LogP contribution in [0.4, 0.5) is 4.79 Å². The van der Waals surface area contributed by atoms with Gasteiger partial charge in [0.05, 0.1) is 11.0 Å². The molecule has 0 spiro atoms. The van der Waals surface area contributed by atoms with E-state index in [0.29, 0.717) is 25.3 Å². The number of carbonyl (C=O) groups excluding carboxylic acids is 2. The van der Waals surface area contributed by atoms with E-state index in [2.05, 4.69) is 9.97 Å². The van der Waals surface area contributed by atoms with Gasteiger partial charge in [-0.15, -0.1) is 0 Å². The third-order valence-electron chi connectivity index (χ3n) is 5.70. The third-order valence-corrected chi connectivity index (χ3v) is 5.70. The summed E-state index contributed by atoms with van der Waals surface area (Å²) in [6.07, 6.45) is 3.14. The molecular formula is C20H27N5O2. The van der Waals surface area contributed by atoms with Gasteiger partial charge in [0.15, 0.2) is 0 Å². The number of H-pyrrole nitrogens is 1. The molecule has 0 radical (unpaired) electrons. The second kappa shape index (κ2) is 7.21. The number of para-hydroxylation sites is 2. The average molecular weight is 369 g/mol. The van der Waals surface area contributed by atoms with Crippen LogP contribution < -0.4 is 0 Å². The second-order valence-electron chi connectivity index (χ2n) is 7.93. The minimum absolute atomic E-state index is 0.0449. The molecule has 3 saturated heterocycles. The SMILES string of the molecule is CN(C)C(=O)N1C[C@H]2CC[C@@H](C1)N(C(=O)CCc1nc3ccccc3[nH]1)C2. The number of benzene rings is 1. The minimum atomic E-state index is 0.0449. The zero-order valence-electron chi connectivity index (χ0n) is 16.0. The normalized spacial score (nSPS) is 22.1. The van der Waals surface area contributed by atoms with Gasteiger partial charge in [0.2, 0.25) is 5.91 Å². The van der Waals surface area contributed by atoms with Crippen LogP contribution in [0.1, 0.15) is 25.1 Å². The largest absolute Gasteiger partial charge is 0.342 e. The Hall–Kier alpha value is -2.57. The van der Waals surface area contributed by atoms with Gasteiger partial charge in [-0.3, -0.25) is 4.79 Å². The number of aryl methyl sites for hydroxylation is 1. The number of aromatic nitrogens is 2. The molecule has 0 unspecified atom stereocenters. The Morgan fingerprint density at radius 1 is 1.19 bits per heavy atom. The van der Waals surface area contributed by atoms with Crippen LogP contribution in [-0.4, -0.2) is 76.4 Å². The van der Waals surface area contributed by atoms with Gasteiger partial charge in [-0.25, -0.2) is 9.78 Å². The molecule has 2 atom stereocenters. The van der Waals surface area contributed by atoms with Crippen molar-refractivity contribution >= 4 is 23.0 Å². The zero-order chi connectivity index (χ0) is 19.0. The van der Waals surface area contributed by atoms with E-state index in [0.717, 1.165) is 42.8 Å². The number of imidazole rings is 1. The lowest BCUT2D eigenvalue weighted by atomic mass is 9.94. The molecule has 3 fully saturated rings. The highest BCUT2D eigenvalue weighted by Crippen LogP contribution is 2.29. The molecule has 3 amide bonds. The molecule has 0 saturated carbocycles. The predicted octanol–water partition coefficient (Wildman–Crippen LogP) is 2.10. The number of nitrogens with zero attached hydrogens (tertiary/aromatic N) is 4. The van der Waals surface area contributed by atoms with Crippen molar-refractivity contribution in [1.29, 1.82) is 0 Å². The number of carbonyl (C=O) groups is 2. The standard InChI is InChI=1S/C20H27N5O2/c1-23(2)20(27)24-11-14-7-8-15(13-24)25(12-14)19(26)10-9-18-21-16-5-3-4-6-17(16)22-18/h3-6,14-15H,7-13H2,1-2H3,(H,21,22)/t14-,15+/m1/s1. The molecule has 144 valence electrons. The smallest absolute Gasteiger partial charge is 0.319 e. The summed E-state index contributed by atoms with van der Waals surface area (Å²) >= 11 is 0. The highest BCUT2D eigenvalue weighted by molar-refractivity contribution is 5.78. The number of amides is 3. The summed E-state index contributed by atoms with van der Waals surface area (Å²) in [5, 5.41) is 0. The Morgan fingerprint density at radius 3 is 2.78 bits per heavy atom. The first-order valence-electron chi connectivity index (χ1n) is 9.70. The molecule has 3 aliphatic rings. The Balaban J connectivity index is 1.40. The van der Waals surface area contributed by atoms with E-state index in [9.17, 15) is 9.59 Å². The van der Waals surface area contributed by atoms with E-state index < -0.39 is 0 Å². The van der Waals surface area contributed by atoms with Gasteiger partial charge in [0.25, 0.3) is 0 Å². The summed E-state index contributed by atoms with van der Waals surface area (Å²) in [5.41, 5.74) is 1.94. The lowest BCUT2D eigenvalue weighted by molar-refractivity contribution is -0.135. The number of hydrogen-bond acceptors (Lipinski definition) is 3. The van der Waals surface area contributed by atoms with Crippen molar-refractivity contribution in [2.75, 3.05) is 33.7 Å². The van der Waals surface area contributed by atoms with Gasteiger partial charge < -0.3 is 19.7 Å². The molecule has 27 heavy (non-hydrogen) atoms. The van der Waals surface area contributed by atoms with Gasteiger partial charge in [0, 0.05) is 52.6 Å². The molecule has 2 aromatic rings. The van der Waals surface area contributed by atoms with Gasteiger partial charge in [-0.05, 0) is 30.9 Å². The van der Waals surface area contributed by atoms with Crippen LogP contribution in [0.5, 0.6) is 0 Å². The van der Waals surface area contributed by atoms with Crippen LogP contribution in [0.3, 0.4) is 0 Å². The van der Waals surface area contributed by atoms with Crippen LogP contribution >= 0.6 is 0 Å². The maximum Gasteiger partial charge on any atom is 0.319 e. The maximum atomic E-state index is 12.9. The molecule has 3 aliphatic heterocycles. The topological polar surface area (TPSA) is 72.5 Å². The highest BCUT2D eigenvalue weighted by Gasteiger charge is 2.38. The summed E-state index contributed by atoms with van der Waals surface area (Å²) in [4.78, 5) is 38.7. The number of urea groups is 1. The van der Waals surface area contributed by atoms with Crippen molar-refractivity contribution < 1.29 is 9.59 Å². The number of hydrogen-bond donors (Lipinski definition) is 1. The van der Waals surface area contributed by atoms with Crippen molar-refractivity contribution in [1.82, 2.24) is 24.7 Å². The second-order valence-corrected chi connectivity index (χ2v) is 7.93. The molecule has 7 heteroatoms. The summed E-state index contributed by atoms with van der Waals surface area (Å²) in [7, 11) is 3.57. The van der Waals surface area contributed by atoms with E-state index in [4.69, 9.17) is 0 Å². The van der Waals surface area contributed by atoms with E-state index in [1.165, 1.54) is 0 Å². The van der Waals surface area contributed by atoms with Crippen LogP contribution in [0.15, 0.2) is 24.3 Å². The number of fused-ring (bicyclic) bond motifs is 5. The molecule has 1 N–H and O–H groups in total. The molecule has 1 aromatic carbocycles. The molecule has 4 heterocycles. The Bertz CT molecular complexity index is 813. The quantitative estimate of drug-likeness (QED) is 0.901. The zero-order valence-corrected chi connectivity index (χ0v) is 16.0. The van der Waals surface area contributed by atoms with E-state index in [-0.39, 0.29) is 18.0 Å². The lowest BCUT2D eigenvalue weighted by Crippen LogP contribution is -2.48. The fraction of sp³-hybridized carbons (Fsp3) is 0.550. The molecule has 5 rings (SSSR count). The third kappa shape index (κ3) is 3.63. The van der Waals surface area contributed by atoms with E-state index >= 15 is 0 Å². The minimum Gasteiger partial charge on any atom is -0.342 e. The highest BCUT2D eigenvalue weighted by atomic mass is 16.2. The molecule has 2 bridgehead atoms. The number of rotatable bonds is 3. The van der Waals surface area contributed by atoms with Gasteiger partial charge >= 0.3 is 6.03 Å². The van der Waals surface area contributed by atoms with Crippen LogP contribution in [0, 0.1) is 5.92 Å². The maximum absolute atomic E-state index is 12.9. The van der Waals surface area contributed by atoms with Crippen LogP contribution in [0.25, 0.3) is 11.0 Å². The van der Waals surface area contributed by atoms with E-state index in [1.54, 1.807) is 19.0 Å². The summed E-state index contributed by atoms with van der Waals surface area (Å²) < 4.78 is 0. The number of aromatic amines is 1. The van der Waals surface area contributed by atoms with Crippen LogP contribution in [0.2, 0.25) is 0 Å². The van der Waals surface area contributed by atoms with E-state index in [1.807, 2.05) is 34.1 Å². The van der Waals surface area contributed by atoms with Gasteiger partial charge in [0.1, 0.15) is 5.82 Å². The van der Waals surface area contributed by atoms with Crippen molar-refractivity contribution in [2.24, 2.45) is 5.92 Å². The molecule has 1 aromatic heterocycles. The predicted molar refractivity (Wildman–Crippen MR) is 103 cm³/mol. The van der Waals surface area contributed by atoms with Crippen molar-refractivity contribution in [3.05, 3.63) is 30.1 Å². The van der Waals surface area contributed by atoms with Gasteiger partial charge in [-0.2, -0.15) is 0 Å². The lowest BCUT2D eigenvalue weighted by Gasteiger charge is -2.36. The summed E-state index contributed by atoms with van der Waals surface area (Å²) in [6.45, 7) is 2.16. The van der Waals surface area contributed by atoms with Crippen LogP contribution in [-0.2, 0) is 11.2 Å². The first-order valence-corrected chi connectivity index (χ1v) is 9.70. The Labute approximate surface area is 159 Å². The van der Waals surface area contributed by atoms with Crippen molar-refractivity contribution in [3.63, 3.8) is 0 Å². The fourth-order valence-electron chi connectivity index (χ4n) is 4.32. The molecule has 0 aliphatic carbocycles. The van der Waals surface area contributed by atoms with Crippen molar-refractivity contribution in [2.45, 2.75) is 31.7 Å². The van der Waals surface area contributed by atoms with Gasteiger partial charge in [-0.1, -0.05) is 12.1 Å². The first kappa shape index (κ1) is 17.8. The van der Waals surface area contributed by atoms with Crippen molar-refractivity contribution in [3.8, 4) is 0 Å². The molecular weight excluding hydrogens is 342 g/mol. The summed E-state index contributed by atoms with van der Waals surface area (Å²) in [6, 6.07) is 8.09. The number of nitrogens with one attached hydrogen (secondary N) is 1.